The molecule has 2 amide bonds. The molecule has 0 aromatic heterocycles. The normalized spacial score (nSPS) is 15.1. The van der Waals surface area contributed by atoms with E-state index >= 15 is 0 Å². The Balaban J connectivity index is 1.88. The molecule has 0 heterocycles. The van der Waals surface area contributed by atoms with Gasteiger partial charge >= 0.3 is 0 Å². The molecule has 7 nitrogen and oxygen atoms in total. The zero-order chi connectivity index (χ0) is 24.9. The summed E-state index contributed by atoms with van der Waals surface area (Å²) in [7, 11) is -3.75. The second-order valence-corrected chi connectivity index (χ2v) is 12.3. The van der Waals surface area contributed by atoms with Crippen molar-refractivity contribution in [2.24, 2.45) is 0 Å². The first kappa shape index (κ1) is 26.7. The lowest BCUT2D eigenvalue weighted by molar-refractivity contribution is -0.139. The summed E-state index contributed by atoms with van der Waals surface area (Å²) in [6, 6.07) is 13.6. The Morgan fingerprint density at radius 2 is 1.68 bits per heavy atom. The Labute approximate surface area is 218 Å². The van der Waals surface area contributed by atoms with Gasteiger partial charge in [-0.05, 0) is 55.7 Å². The SMILES string of the molecule is C[C@@H](C(=O)NC1CCCC1)N(Cc1cccc(Br)c1)C(=O)CN(c1cccc(Br)c1)S(C)(=O)=O. The molecule has 34 heavy (non-hydrogen) atoms. The number of carbonyl (C=O) groups excluding carboxylic acids is 2. The van der Waals surface area contributed by atoms with Gasteiger partial charge in [0.15, 0.2) is 0 Å². The van der Waals surface area contributed by atoms with Gasteiger partial charge in [0.25, 0.3) is 0 Å². The fourth-order valence-electron chi connectivity index (χ4n) is 4.05. The van der Waals surface area contributed by atoms with Gasteiger partial charge in [-0.1, -0.05) is 62.9 Å². The summed E-state index contributed by atoms with van der Waals surface area (Å²) in [4.78, 5) is 28.0. The average molecular weight is 615 g/mol. The summed E-state index contributed by atoms with van der Waals surface area (Å²) in [5.41, 5.74) is 1.20. The van der Waals surface area contributed by atoms with Gasteiger partial charge in [0, 0.05) is 21.5 Å². The molecule has 3 rings (SSSR count). The van der Waals surface area contributed by atoms with E-state index in [9.17, 15) is 18.0 Å². The highest BCUT2D eigenvalue weighted by Gasteiger charge is 2.31. The molecule has 1 atom stereocenters. The van der Waals surface area contributed by atoms with Crippen LogP contribution in [-0.2, 0) is 26.2 Å². The number of carbonyl (C=O) groups is 2. The smallest absolute Gasteiger partial charge is 0.244 e. The largest absolute Gasteiger partial charge is 0.352 e. The summed E-state index contributed by atoms with van der Waals surface area (Å²) in [6.45, 7) is 1.45. The number of sulfonamides is 1. The van der Waals surface area contributed by atoms with E-state index in [1.165, 1.54) is 4.90 Å². The Morgan fingerprint density at radius 1 is 1.06 bits per heavy atom. The second kappa shape index (κ2) is 11.7. The number of rotatable bonds is 9. The van der Waals surface area contributed by atoms with Gasteiger partial charge < -0.3 is 10.2 Å². The van der Waals surface area contributed by atoms with Crippen LogP contribution in [0.25, 0.3) is 0 Å². The van der Waals surface area contributed by atoms with Crippen LogP contribution in [0.1, 0.15) is 38.2 Å². The summed E-state index contributed by atoms with van der Waals surface area (Å²) in [5, 5.41) is 3.05. The number of halogens is 2. The van der Waals surface area contributed by atoms with Gasteiger partial charge in [-0.15, -0.1) is 0 Å². The molecule has 1 aliphatic carbocycles. The van der Waals surface area contributed by atoms with Crippen LogP contribution in [0.2, 0.25) is 0 Å². The van der Waals surface area contributed by atoms with Gasteiger partial charge in [0.1, 0.15) is 12.6 Å². The van der Waals surface area contributed by atoms with Gasteiger partial charge in [-0.3, -0.25) is 13.9 Å². The van der Waals surface area contributed by atoms with Crippen LogP contribution in [0.3, 0.4) is 0 Å². The first-order chi connectivity index (χ1) is 16.0. The van der Waals surface area contributed by atoms with Crippen LogP contribution < -0.4 is 9.62 Å². The number of hydrogen-bond acceptors (Lipinski definition) is 4. The second-order valence-electron chi connectivity index (χ2n) is 8.57. The highest BCUT2D eigenvalue weighted by molar-refractivity contribution is 9.10. The maximum atomic E-state index is 13.5. The molecule has 10 heteroatoms. The molecule has 0 aliphatic heterocycles. The predicted octanol–water partition coefficient (Wildman–Crippen LogP) is 4.45. The van der Waals surface area contributed by atoms with Crippen LogP contribution >= 0.6 is 31.9 Å². The van der Waals surface area contributed by atoms with Crippen molar-refractivity contribution >= 4 is 59.4 Å². The van der Waals surface area contributed by atoms with Crippen LogP contribution in [-0.4, -0.2) is 50.0 Å². The van der Waals surface area contributed by atoms with E-state index in [-0.39, 0.29) is 18.5 Å². The predicted molar refractivity (Wildman–Crippen MR) is 141 cm³/mol. The maximum Gasteiger partial charge on any atom is 0.244 e. The zero-order valence-electron chi connectivity index (χ0n) is 19.2. The van der Waals surface area contributed by atoms with Crippen molar-refractivity contribution in [2.45, 2.75) is 51.2 Å². The van der Waals surface area contributed by atoms with Gasteiger partial charge in [-0.25, -0.2) is 8.42 Å². The van der Waals surface area contributed by atoms with Crippen LogP contribution in [0, 0.1) is 0 Å². The van der Waals surface area contributed by atoms with Gasteiger partial charge in [0.2, 0.25) is 21.8 Å². The molecule has 2 aromatic carbocycles. The Morgan fingerprint density at radius 3 is 2.26 bits per heavy atom. The minimum absolute atomic E-state index is 0.118. The first-order valence-electron chi connectivity index (χ1n) is 11.1. The summed E-state index contributed by atoms with van der Waals surface area (Å²) < 4.78 is 27.8. The van der Waals surface area contributed by atoms with E-state index < -0.39 is 28.5 Å². The summed E-state index contributed by atoms with van der Waals surface area (Å²) in [5.74, 6) is -0.692. The molecule has 1 fully saturated rings. The molecule has 0 bridgehead atoms. The molecule has 1 aliphatic rings. The van der Waals surface area contributed by atoms with Crippen molar-refractivity contribution in [1.29, 1.82) is 0 Å². The van der Waals surface area contributed by atoms with Crippen molar-refractivity contribution < 1.29 is 18.0 Å². The van der Waals surface area contributed by atoms with E-state index in [4.69, 9.17) is 0 Å². The third-order valence-electron chi connectivity index (χ3n) is 5.89. The minimum atomic E-state index is -3.75. The number of nitrogens with zero attached hydrogens (tertiary/aromatic N) is 2. The zero-order valence-corrected chi connectivity index (χ0v) is 23.2. The van der Waals surface area contributed by atoms with E-state index in [1.807, 2.05) is 24.3 Å². The van der Waals surface area contributed by atoms with Crippen molar-refractivity contribution in [3.63, 3.8) is 0 Å². The first-order valence-corrected chi connectivity index (χ1v) is 14.6. The molecule has 2 aromatic rings. The lowest BCUT2D eigenvalue weighted by atomic mass is 10.1. The van der Waals surface area contributed by atoms with Crippen molar-refractivity contribution in [2.75, 3.05) is 17.1 Å². The Kier molecular flexibility index (Phi) is 9.17. The number of nitrogens with one attached hydrogen (secondary N) is 1. The summed E-state index contributed by atoms with van der Waals surface area (Å²) >= 11 is 6.80. The molecule has 0 saturated heterocycles. The quantitative estimate of drug-likeness (QED) is 0.452. The number of amides is 2. The standard InChI is InChI=1S/C24H29Br2N3O4S/c1-17(24(31)27-21-10-3-4-11-21)28(15-18-7-5-8-19(25)13-18)23(30)16-29(34(2,32)33)22-12-6-9-20(26)14-22/h5-9,12-14,17,21H,3-4,10-11,15-16H2,1-2H3,(H,27,31)/t17-/m0/s1. The molecule has 1 saturated carbocycles. The fraction of sp³-hybridized carbons (Fsp3) is 0.417. The lowest BCUT2D eigenvalue weighted by Gasteiger charge is -2.32. The third kappa shape index (κ3) is 7.29. The van der Waals surface area contributed by atoms with Gasteiger partial charge in [-0.2, -0.15) is 0 Å². The molecular weight excluding hydrogens is 586 g/mol. The molecule has 0 unspecified atom stereocenters. The van der Waals surface area contributed by atoms with E-state index in [2.05, 4.69) is 37.2 Å². The fourth-order valence-corrected chi connectivity index (χ4v) is 5.73. The molecule has 0 spiro atoms. The average Bonchev–Trinajstić information content (AvgIpc) is 3.27. The Hall–Kier alpha value is -1.91. The molecular formula is C24H29Br2N3O4S. The van der Waals surface area contributed by atoms with E-state index in [0.29, 0.717) is 10.2 Å². The minimum Gasteiger partial charge on any atom is -0.352 e. The van der Waals surface area contributed by atoms with Crippen LogP contribution in [0.15, 0.2) is 57.5 Å². The van der Waals surface area contributed by atoms with E-state index in [1.54, 1.807) is 31.2 Å². The van der Waals surface area contributed by atoms with Crippen molar-refractivity contribution in [3.8, 4) is 0 Å². The number of anilines is 1. The third-order valence-corrected chi connectivity index (χ3v) is 8.01. The van der Waals surface area contributed by atoms with Crippen molar-refractivity contribution in [3.05, 3.63) is 63.0 Å². The van der Waals surface area contributed by atoms with Crippen LogP contribution in [0.4, 0.5) is 5.69 Å². The topological polar surface area (TPSA) is 86.8 Å². The van der Waals surface area contributed by atoms with Crippen LogP contribution in [0.5, 0.6) is 0 Å². The van der Waals surface area contributed by atoms with Crippen molar-refractivity contribution in [1.82, 2.24) is 10.2 Å². The number of benzene rings is 2. The van der Waals surface area contributed by atoms with Gasteiger partial charge in [0.05, 0.1) is 11.9 Å². The monoisotopic (exact) mass is 613 g/mol. The maximum absolute atomic E-state index is 13.5. The van der Waals surface area contributed by atoms with E-state index in [0.717, 1.165) is 46.3 Å². The summed E-state index contributed by atoms with van der Waals surface area (Å²) in [6.07, 6.45) is 5.09. The highest BCUT2D eigenvalue weighted by Crippen LogP contribution is 2.23. The lowest BCUT2D eigenvalue weighted by Crippen LogP contribution is -2.52. The molecule has 184 valence electrons. The molecule has 0 radical (unpaired) electrons. The Bertz CT molecular complexity index is 1140. The highest BCUT2D eigenvalue weighted by atomic mass is 79.9. The number of hydrogen-bond donors (Lipinski definition) is 1. The molecule has 1 N–H and O–H groups in total.